The fourth-order valence-electron chi connectivity index (χ4n) is 4.73. The summed E-state index contributed by atoms with van der Waals surface area (Å²) in [4.78, 5) is 43.7. The van der Waals surface area contributed by atoms with E-state index in [9.17, 15) is 14.4 Å². The molecule has 2 aliphatic heterocycles. The van der Waals surface area contributed by atoms with E-state index in [0.717, 1.165) is 6.42 Å². The van der Waals surface area contributed by atoms with E-state index in [0.29, 0.717) is 29.4 Å². The van der Waals surface area contributed by atoms with Crippen molar-refractivity contribution in [1.82, 2.24) is 25.1 Å². The van der Waals surface area contributed by atoms with Gasteiger partial charge in [-0.1, -0.05) is 18.6 Å². The molecule has 30 heavy (non-hydrogen) atoms. The van der Waals surface area contributed by atoms with Gasteiger partial charge >= 0.3 is 0 Å². The van der Waals surface area contributed by atoms with E-state index in [4.69, 9.17) is 0 Å². The molecular formula is C22H29N5O3. The van der Waals surface area contributed by atoms with Crippen molar-refractivity contribution >= 4 is 22.7 Å². The van der Waals surface area contributed by atoms with E-state index in [1.165, 1.54) is 49.7 Å². The molecule has 0 spiro atoms. The van der Waals surface area contributed by atoms with E-state index in [1.807, 2.05) is 6.07 Å². The van der Waals surface area contributed by atoms with E-state index in [1.54, 1.807) is 18.2 Å². The molecule has 8 heteroatoms. The molecule has 2 saturated heterocycles. The van der Waals surface area contributed by atoms with Crippen LogP contribution in [0.1, 0.15) is 32.1 Å². The smallest absolute Gasteiger partial charge is 0.261 e. The number of rotatable bonds is 6. The van der Waals surface area contributed by atoms with Gasteiger partial charge in [-0.25, -0.2) is 4.98 Å². The van der Waals surface area contributed by atoms with E-state index in [2.05, 4.69) is 20.5 Å². The molecule has 0 saturated carbocycles. The van der Waals surface area contributed by atoms with Crippen molar-refractivity contribution in [3.63, 3.8) is 0 Å². The monoisotopic (exact) mass is 411 g/mol. The number of aromatic nitrogens is 2. The predicted molar refractivity (Wildman–Crippen MR) is 114 cm³/mol. The fraction of sp³-hybridized carbons (Fsp3) is 0.545. The summed E-state index contributed by atoms with van der Waals surface area (Å²) < 4.78 is 1.26. The zero-order valence-corrected chi connectivity index (χ0v) is 17.2. The quantitative estimate of drug-likeness (QED) is 0.736. The number of fused-ring (bicyclic) bond motifs is 2. The van der Waals surface area contributed by atoms with Crippen LogP contribution in [0.5, 0.6) is 0 Å². The van der Waals surface area contributed by atoms with Gasteiger partial charge < -0.3 is 15.5 Å². The molecule has 160 valence electrons. The predicted octanol–water partition coefficient (Wildman–Crippen LogP) is 0.893. The molecule has 2 fully saturated rings. The molecule has 2 amide bonds. The number of nitrogens with one attached hydrogen (secondary N) is 2. The summed E-state index contributed by atoms with van der Waals surface area (Å²) in [5.74, 6) is -0.0957. The molecule has 8 nitrogen and oxygen atoms in total. The van der Waals surface area contributed by atoms with Gasteiger partial charge in [-0.05, 0) is 56.8 Å². The van der Waals surface area contributed by atoms with Crippen LogP contribution in [0, 0.1) is 5.92 Å². The lowest BCUT2D eigenvalue weighted by Gasteiger charge is -2.44. The Morgan fingerprint density at radius 1 is 1.03 bits per heavy atom. The highest BCUT2D eigenvalue weighted by atomic mass is 16.2. The van der Waals surface area contributed by atoms with Crippen molar-refractivity contribution in [2.75, 3.05) is 26.2 Å². The summed E-state index contributed by atoms with van der Waals surface area (Å²) in [5.41, 5.74) is 0.326. The summed E-state index contributed by atoms with van der Waals surface area (Å²) in [6.07, 6.45) is 7.45. The maximum Gasteiger partial charge on any atom is 0.261 e. The molecule has 2 aliphatic rings. The lowest BCUT2D eigenvalue weighted by molar-refractivity contribution is -0.126. The second-order valence-electron chi connectivity index (χ2n) is 8.28. The van der Waals surface area contributed by atoms with E-state index >= 15 is 0 Å². The van der Waals surface area contributed by atoms with Gasteiger partial charge in [0, 0.05) is 12.6 Å². The molecule has 2 N–H and O–H groups in total. The number of amides is 2. The highest BCUT2D eigenvalue weighted by Crippen LogP contribution is 2.30. The third-order valence-electron chi connectivity index (χ3n) is 6.28. The Kier molecular flexibility index (Phi) is 6.42. The molecule has 0 bridgehead atoms. The number of para-hydroxylation sites is 1. The lowest BCUT2D eigenvalue weighted by atomic mass is 9.83. The molecule has 1 aromatic heterocycles. The summed E-state index contributed by atoms with van der Waals surface area (Å²) in [6, 6.07) is 7.59. The minimum atomic E-state index is -0.388. The normalized spacial score (nSPS) is 21.7. The van der Waals surface area contributed by atoms with Gasteiger partial charge in [0.2, 0.25) is 11.8 Å². The molecular weight excluding hydrogens is 382 g/mol. The van der Waals surface area contributed by atoms with Gasteiger partial charge in [-0.3, -0.25) is 19.0 Å². The Balaban J connectivity index is 1.24. The van der Waals surface area contributed by atoms with Gasteiger partial charge in [0.05, 0.1) is 23.8 Å². The van der Waals surface area contributed by atoms with Crippen molar-refractivity contribution in [2.45, 2.75) is 44.7 Å². The lowest BCUT2D eigenvalue weighted by Crippen LogP contribution is -2.51. The van der Waals surface area contributed by atoms with Crippen molar-refractivity contribution in [1.29, 1.82) is 0 Å². The first-order valence-electron chi connectivity index (χ1n) is 10.8. The Morgan fingerprint density at radius 2 is 1.87 bits per heavy atom. The molecule has 4 rings (SSSR count). The van der Waals surface area contributed by atoms with E-state index < -0.39 is 0 Å². The van der Waals surface area contributed by atoms with Crippen LogP contribution in [0.15, 0.2) is 35.4 Å². The Morgan fingerprint density at radius 3 is 2.77 bits per heavy atom. The van der Waals surface area contributed by atoms with Crippen molar-refractivity contribution in [2.24, 2.45) is 5.92 Å². The van der Waals surface area contributed by atoms with E-state index in [-0.39, 0.29) is 30.5 Å². The fourth-order valence-corrected chi connectivity index (χ4v) is 4.73. The standard InChI is InChI=1S/C22H29N5O3/c28-20(23-12-16-6-5-11-26-10-4-3-9-19(16)26)13-24-21(29)14-27-15-25-18-8-2-1-7-17(18)22(27)30/h1-2,7-8,15-16,19H,3-6,9-14H2,(H,23,28)(H,24,29)/t16-,19+/m0/s1. The maximum atomic E-state index is 12.5. The number of piperidine rings is 2. The molecule has 1 aromatic carbocycles. The SMILES string of the molecule is O=C(CNC(=O)Cn1cnc2ccccc2c1=O)NC[C@@H]1CCCN2CCCC[C@H]12. The molecule has 3 heterocycles. The van der Waals surface area contributed by atoms with Crippen LogP contribution < -0.4 is 16.2 Å². The Hall–Kier alpha value is -2.74. The molecule has 2 atom stereocenters. The highest BCUT2D eigenvalue weighted by molar-refractivity contribution is 5.84. The Labute approximate surface area is 175 Å². The molecule has 0 unspecified atom stereocenters. The largest absolute Gasteiger partial charge is 0.354 e. The average molecular weight is 412 g/mol. The zero-order valence-electron chi connectivity index (χ0n) is 17.2. The van der Waals surface area contributed by atoms with Gasteiger partial charge in [0.1, 0.15) is 6.54 Å². The topological polar surface area (TPSA) is 96.3 Å². The van der Waals surface area contributed by atoms with Gasteiger partial charge in [0.15, 0.2) is 0 Å². The number of hydrogen-bond acceptors (Lipinski definition) is 5. The van der Waals surface area contributed by atoms with Crippen molar-refractivity contribution in [3.05, 3.63) is 40.9 Å². The Bertz CT molecular complexity index is 971. The number of hydrogen-bond donors (Lipinski definition) is 2. The zero-order chi connectivity index (χ0) is 20.9. The van der Waals surface area contributed by atoms with Crippen LogP contribution >= 0.6 is 0 Å². The first-order chi connectivity index (χ1) is 14.6. The van der Waals surface area contributed by atoms with Gasteiger partial charge in [-0.2, -0.15) is 0 Å². The van der Waals surface area contributed by atoms with Crippen molar-refractivity contribution in [3.8, 4) is 0 Å². The van der Waals surface area contributed by atoms with Crippen molar-refractivity contribution < 1.29 is 9.59 Å². The maximum absolute atomic E-state index is 12.5. The summed E-state index contributed by atoms with van der Waals surface area (Å²) in [7, 11) is 0. The number of carbonyl (C=O) groups excluding carboxylic acids is 2. The average Bonchev–Trinajstić information content (AvgIpc) is 2.78. The van der Waals surface area contributed by atoms with Crippen LogP contribution in [0.25, 0.3) is 10.9 Å². The van der Waals surface area contributed by atoms with Crippen LogP contribution in [0.2, 0.25) is 0 Å². The summed E-state index contributed by atoms with van der Waals surface area (Å²) in [5, 5.41) is 6.05. The number of carbonyl (C=O) groups is 2. The number of benzene rings is 1. The van der Waals surface area contributed by atoms with Crippen LogP contribution in [0.4, 0.5) is 0 Å². The molecule has 0 radical (unpaired) electrons. The molecule has 0 aliphatic carbocycles. The highest BCUT2D eigenvalue weighted by Gasteiger charge is 2.32. The van der Waals surface area contributed by atoms with Gasteiger partial charge in [0.25, 0.3) is 5.56 Å². The minimum absolute atomic E-state index is 0.0876. The first-order valence-corrected chi connectivity index (χ1v) is 10.8. The van der Waals surface area contributed by atoms with Gasteiger partial charge in [-0.15, -0.1) is 0 Å². The second-order valence-corrected chi connectivity index (χ2v) is 8.28. The summed E-state index contributed by atoms with van der Waals surface area (Å²) in [6.45, 7) is 2.76. The first kappa shape index (κ1) is 20.5. The number of nitrogens with zero attached hydrogens (tertiary/aromatic N) is 3. The van der Waals surface area contributed by atoms with Crippen LogP contribution in [-0.4, -0.2) is 58.5 Å². The molecule has 2 aromatic rings. The third-order valence-corrected chi connectivity index (χ3v) is 6.28. The summed E-state index contributed by atoms with van der Waals surface area (Å²) >= 11 is 0. The second kappa shape index (κ2) is 9.38. The van der Waals surface area contributed by atoms with Crippen LogP contribution in [-0.2, 0) is 16.1 Å². The third kappa shape index (κ3) is 4.70. The van der Waals surface area contributed by atoms with Crippen LogP contribution in [0.3, 0.4) is 0 Å². The minimum Gasteiger partial charge on any atom is -0.354 e.